The largest absolute Gasteiger partial charge is 0.393 e. The van der Waals surface area contributed by atoms with Gasteiger partial charge in [-0.2, -0.15) is 0 Å². The third kappa shape index (κ3) is 1.58. The smallest absolute Gasteiger partial charge is 0.0795 e. The van der Waals surface area contributed by atoms with Gasteiger partial charge in [0.1, 0.15) is 0 Å². The van der Waals surface area contributed by atoms with E-state index in [2.05, 4.69) is 25.1 Å². The highest BCUT2D eigenvalue weighted by molar-refractivity contribution is 5.36. The molecule has 2 fully saturated rings. The van der Waals surface area contributed by atoms with Crippen LogP contribution in [0.5, 0.6) is 0 Å². The minimum absolute atomic E-state index is 0.0904. The van der Waals surface area contributed by atoms with E-state index in [1.54, 1.807) is 0 Å². The van der Waals surface area contributed by atoms with Crippen LogP contribution >= 0.6 is 0 Å². The van der Waals surface area contributed by atoms with Crippen molar-refractivity contribution in [2.75, 3.05) is 0 Å². The maximum atomic E-state index is 10.5. The highest BCUT2D eigenvalue weighted by atomic mass is 16.3. The average Bonchev–Trinajstić information content (AvgIpc) is 2.76. The van der Waals surface area contributed by atoms with Crippen LogP contribution in [0.1, 0.15) is 62.2 Å². The van der Waals surface area contributed by atoms with E-state index in [9.17, 15) is 10.2 Å². The van der Waals surface area contributed by atoms with Gasteiger partial charge in [0, 0.05) is 0 Å². The van der Waals surface area contributed by atoms with Crippen molar-refractivity contribution in [2.45, 2.75) is 57.2 Å². The van der Waals surface area contributed by atoms with Crippen molar-refractivity contribution in [1.29, 1.82) is 0 Å². The maximum absolute atomic E-state index is 10.5. The molecule has 3 aliphatic rings. The van der Waals surface area contributed by atoms with E-state index in [4.69, 9.17) is 0 Å². The van der Waals surface area contributed by atoms with E-state index in [0.29, 0.717) is 17.8 Å². The first-order chi connectivity index (χ1) is 9.61. The van der Waals surface area contributed by atoms with E-state index in [-0.39, 0.29) is 17.6 Å². The molecule has 1 aromatic carbocycles. The van der Waals surface area contributed by atoms with E-state index >= 15 is 0 Å². The molecular formula is C18H24O2. The number of rotatable bonds is 0. The van der Waals surface area contributed by atoms with Gasteiger partial charge in [-0.05, 0) is 66.4 Å². The Morgan fingerprint density at radius 1 is 1.05 bits per heavy atom. The fourth-order valence-corrected chi connectivity index (χ4v) is 5.51. The summed E-state index contributed by atoms with van der Waals surface area (Å²) in [6.07, 6.45) is 4.81. The van der Waals surface area contributed by atoms with Crippen molar-refractivity contribution in [3.8, 4) is 0 Å². The first kappa shape index (κ1) is 12.8. The second-order valence-corrected chi connectivity index (χ2v) is 7.39. The molecule has 2 heteroatoms. The second-order valence-electron chi connectivity index (χ2n) is 7.39. The summed E-state index contributed by atoms with van der Waals surface area (Å²) < 4.78 is 0. The number of hydrogen-bond acceptors (Lipinski definition) is 2. The van der Waals surface area contributed by atoms with Gasteiger partial charge in [0.15, 0.2) is 0 Å². The molecule has 2 saturated carbocycles. The molecule has 1 unspecified atom stereocenters. The van der Waals surface area contributed by atoms with Crippen LogP contribution in [0.25, 0.3) is 0 Å². The highest BCUT2D eigenvalue weighted by Crippen LogP contribution is 2.61. The Balaban J connectivity index is 1.75. The molecule has 0 spiro atoms. The fraction of sp³-hybridized carbons (Fsp3) is 0.667. The Hall–Kier alpha value is -0.860. The van der Waals surface area contributed by atoms with Crippen LogP contribution in [-0.4, -0.2) is 16.3 Å². The minimum atomic E-state index is -0.312. The zero-order chi connectivity index (χ0) is 13.9. The molecule has 2 nitrogen and oxygen atoms in total. The van der Waals surface area contributed by atoms with Crippen LogP contribution in [0.3, 0.4) is 0 Å². The van der Waals surface area contributed by atoms with Crippen LogP contribution in [0.4, 0.5) is 0 Å². The van der Waals surface area contributed by atoms with Crippen molar-refractivity contribution in [3.63, 3.8) is 0 Å². The summed E-state index contributed by atoms with van der Waals surface area (Å²) in [4.78, 5) is 0. The van der Waals surface area contributed by atoms with Crippen LogP contribution in [-0.2, 0) is 0 Å². The third-order valence-electron chi connectivity index (χ3n) is 6.64. The first-order valence-corrected chi connectivity index (χ1v) is 8.06. The number of fused-ring (bicyclic) bond motifs is 5. The quantitative estimate of drug-likeness (QED) is 0.760. The highest BCUT2D eigenvalue weighted by Gasteiger charge is 2.55. The van der Waals surface area contributed by atoms with Crippen molar-refractivity contribution in [3.05, 3.63) is 35.4 Å². The van der Waals surface area contributed by atoms with Gasteiger partial charge in [-0.15, -0.1) is 0 Å². The first-order valence-electron chi connectivity index (χ1n) is 8.06. The monoisotopic (exact) mass is 272 g/mol. The van der Waals surface area contributed by atoms with Crippen molar-refractivity contribution >= 4 is 0 Å². The van der Waals surface area contributed by atoms with Crippen LogP contribution in [0.2, 0.25) is 0 Å². The Kier molecular flexibility index (Phi) is 2.77. The number of aliphatic hydroxyl groups excluding tert-OH is 2. The molecule has 2 N–H and O–H groups in total. The van der Waals surface area contributed by atoms with Gasteiger partial charge in [-0.1, -0.05) is 31.2 Å². The van der Waals surface area contributed by atoms with Gasteiger partial charge in [0.25, 0.3) is 0 Å². The fourth-order valence-electron chi connectivity index (χ4n) is 5.51. The molecule has 0 saturated heterocycles. The Labute approximate surface area is 120 Å². The van der Waals surface area contributed by atoms with Gasteiger partial charge < -0.3 is 10.2 Å². The van der Waals surface area contributed by atoms with Crippen LogP contribution in [0.15, 0.2) is 24.3 Å². The van der Waals surface area contributed by atoms with Gasteiger partial charge in [-0.3, -0.25) is 0 Å². The summed E-state index contributed by atoms with van der Waals surface area (Å²) in [6, 6.07) is 8.44. The zero-order valence-electron chi connectivity index (χ0n) is 12.1. The maximum Gasteiger partial charge on any atom is 0.0795 e. The number of benzene rings is 1. The van der Waals surface area contributed by atoms with Crippen molar-refractivity contribution in [1.82, 2.24) is 0 Å². The molecule has 3 aliphatic carbocycles. The second kappa shape index (κ2) is 4.32. The van der Waals surface area contributed by atoms with Crippen LogP contribution in [0, 0.1) is 17.3 Å². The van der Waals surface area contributed by atoms with Gasteiger partial charge in [0.05, 0.1) is 12.2 Å². The summed E-state index contributed by atoms with van der Waals surface area (Å²) >= 11 is 0. The zero-order valence-corrected chi connectivity index (χ0v) is 12.1. The Morgan fingerprint density at radius 3 is 2.60 bits per heavy atom. The predicted octanol–water partition coefficient (Wildman–Crippen LogP) is 3.39. The molecule has 0 aliphatic heterocycles. The number of aliphatic hydroxyl groups is 2. The van der Waals surface area contributed by atoms with E-state index in [1.807, 2.05) is 6.07 Å². The van der Waals surface area contributed by atoms with E-state index < -0.39 is 0 Å². The summed E-state index contributed by atoms with van der Waals surface area (Å²) in [7, 11) is 0. The molecule has 6 atom stereocenters. The van der Waals surface area contributed by atoms with Gasteiger partial charge in [-0.25, -0.2) is 0 Å². The molecule has 0 radical (unpaired) electrons. The van der Waals surface area contributed by atoms with E-state index in [0.717, 1.165) is 31.2 Å². The molecule has 0 heterocycles. The molecule has 20 heavy (non-hydrogen) atoms. The SMILES string of the molecule is C[C@]12CC[C@@H]3c4ccccc4C(O)C[C@H]3[C@@H]1CC[C@@H]2O. The van der Waals surface area contributed by atoms with Crippen LogP contribution < -0.4 is 0 Å². The topological polar surface area (TPSA) is 40.5 Å². The minimum Gasteiger partial charge on any atom is -0.393 e. The lowest BCUT2D eigenvalue weighted by Crippen LogP contribution is -2.44. The number of hydrogen-bond donors (Lipinski definition) is 2. The molecule has 108 valence electrons. The predicted molar refractivity (Wildman–Crippen MR) is 78.3 cm³/mol. The van der Waals surface area contributed by atoms with Gasteiger partial charge >= 0.3 is 0 Å². The Bertz CT molecular complexity index is 526. The summed E-state index contributed by atoms with van der Waals surface area (Å²) in [5.41, 5.74) is 2.61. The lowest BCUT2D eigenvalue weighted by atomic mass is 9.55. The lowest BCUT2D eigenvalue weighted by Gasteiger charge is -2.50. The Morgan fingerprint density at radius 2 is 1.80 bits per heavy atom. The molecule has 4 rings (SSSR count). The molecule has 1 aromatic rings. The molecule has 0 aromatic heterocycles. The summed E-state index contributed by atoms with van der Waals surface area (Å²) in [5, 5.41) is 20.9. The lowest BCUT2D eigenvalue weighted by molar-refractivity contribution is -0.0372. The molecule has 0 amide bonds. The van der Waals surface area contributed by atoms with Crippen molar-refractivity contribution in [2.24, 2.45) is 17.3 Å². The van der Waals surface area contributed by atoms with Crippen molar-refractivity contribution < 1.29 is 10.2 Å². The standard InChI is InChI=1S/C18H24O2/c1-18-9-8-12-11-4-2-3-5-13(11)16(19)10-14(12)15(18)6-7-17(18)20/h2-5,12,14-17,19-20H,6-10H2,1H3/t12-,14-,15+,16?,17+,18+/m1/s1. The normalized spacial score (nSPS) is 46.5. The van der Waals surface area contributed by atoms with E-state index in [1.165, 1.54) is 12.0 Å². The third-order valence-corrected chi connectivity index (χ3v) is 6.64. The van der Waals surface area contributed by atoms with Gasteiger partial charge in [0.2, 0.25) is 0 Å². The molecular weight excluding hydrogens is 248 g/mol. The average molecular weight is 272 g/mol. The summed E-state index contributed by atoms with van der Waals surface area (Å²) in [6.45, 7) is 2.28. The summed E-state index contributed by atoms with van der Waals surface area (Å²) in [5.74, 6) is 1.73. The molecule has 0 bridgehead atoms.